The first kappa shape index (κ1) is 34.4. The monoisotopic (exact) mass is 645 g/mol. The van der Waals surface area contributed by atoms with Gasteiger partial charge in [-0.2, -0.15) is 0 Å². The van der Waals surface area contributed by atoms with Gasteiger partial charge in [0.25, 0.3) is 0 Å². The Labute approximate surface area is 266 Å². The molecule has 2 amide bonds. The van der Waals surface area contributed by atoms with Crippen molar-refractivity contribution in [2.45, 2.75) is 72.0 Å². The van der Waals surface area contributed by atoms with Crippen LogP contribution in [0.4, 0.5) is 5.69 Å². The summed E-state index contributed by atoms with van der Waals surface area (Å²) < 4.78 is 26.9. The van der Waals surface area contributed by atoms with Crippen LogP contribution in [-0.4, -0.2) is 49.5 Å². The molecule has 3 aromatic carbocycles. The van der Waals surface area contributed by atoms with E-state index in [9.17, 15) is 18.0 Å². The van der Waals surface area contributed by atoms with Crippen molar-refractivity contribution in [2.75, 3.05) is 17.1 Å². The number of nitrogens with one attached hydrogen (secondary N) is 1. The molecule has 232 valence electrons. The van der Waals surface area contributed by atoms with Gasteiger partial charge in [-0.3, -0.25) is 13.9 Å². The van der Waals surface area contributed by atoms with Crippen molar-refractivity contribution in [3.8, 4) is 0 Å². The van der Waals surface area contributed by atoms with E-state index >= 15 is 0 Å². The maximum absolute atomic E-state index is 14.1. The Morgan fingerprint density at radius 2 is 1.56 bits per heavy atom. The number of halogens is 2. The summed E-state index contributed by atoms with van der Waals surface area (Å²) in [6.45, 7) is 9.53. The van der Waals surface area contributed by atoms with Crippen molar-refractivity contribution in [1.29, 1.82) is 0 Å². The molecule has 0 radical (unpaired) electrons. The average Bonchev–Trinajstić information content (AvgIpc) is 2.90. The van der Waals surface area contributed by atoms with Crippen LogP contribution in [0.25, 0.3) is 0 Å². The minimum Gasteiger partial charge on any atom is -0.350 e. The maximum Gasteiger partial charge on any atom is 0.243 e. The van der Waals surface area contributed by atoms with Crippen LogP contribution in [-0.2, 0) is 32.6 Å². The van der Waals surface area contributed by atoms with Gasteiger partial charge in [0, 0.05) is 47.1 Å². The maximum atomic E-state index is 14.1. The van der Waals surface area contributed by atoms with Gasteiger partial charge < -0.3 is 10.2 Å². The Morgan fingerprint density at radius 3 is 2.14 bits per heavy atom. The molecule has 0 aromatic heterocycles. The second-order valence-corrected chi connectivity index (χ2v) is 14.6. The van der Waals surface area contributed by atoms with Gasteiger partial charge >= 0.3 is 0 Å². The number of carbonyl (C=O) groups is 2. The molecular formula is C33H41Cl2N3O4S. The molecular weight excluding hydrogens is 605 g/mol. The predicted octanol–water partition coefficient (Wildman–Crippen LogP) is 6.71. The van der Waals surface area contributed by atoms with Crippen molar-refractivity contribution in [3.05, 3.63) is 99.0 Å². The minimum absolute atomic E-state index is 0.00699. The van der Waals surface area contributed by atoms with Gasteiger partial charge in [0.2, 0.25) is 21.8 Å². The largest absolute Gasteiger partial charge is 0.350 e. The molecule has 0 saturated carbocycles. The van der Waals surface area contributed by atoms with Crippen LogP contribution in [0.1, 0.15) is 55.9 Å². The highest BCUT2D eigenvalue weighted by atomic mass is 35.5. The fraction of sp³-hybridized carbons (Fsp3) is 0.394. The SMILES string of the molecule is Cc1ccc(C)c(N(CCCC(=O)N(Cc2c(Cl)cccc2Cl)[C@H](Cc2ccccc2)C(=O)NC(C)(C)C)S(C)(=O)=O)c1. The number of amides is 2. The summed E-state index contributed by atoms with van der Waals surface area (Å²) in [7, 11) is -3.62. The number of benzene rings is 3. The smallest absolute Gasteiger partial charge is 0.243 e. The number of carbonyl (C=O) groups excluding carboxylic acids is 2. The van der Waals surface area contributed by atoms with Gasteiger partial charge in [-0.25, -0.2) is 8.42 Å². The second-order valence-electron chi connectivity index (χ2n) is 11.9. The van der Waals surface area contributed by atoms with Gasteiger partial charge in [0.05, 0.1) is 11.9 Å². The molecule has 0 unspecified atom stereocenters. The average molecular weight is 647 g/mol. The molecule has 0 aliphatic heterocycles. The molecule has 43 heavy (non-hydrogen) atoms. The first-order valence-electron chi connectivity index (χ1n) is 14.2. The number of rotatable bonds is 12. The van der Waals surface area contributed by atoms with Gasteiger partial charge in [-0.05, 0) is 75.9 Å². The van der Waals surface area contributed by atoms with Crippen molar-refractivity contribution >= 4 is 50.7 Å². The highest BCUT2D eigenvalue weighted by Crippen LogP contribution is 2.29. The molecule has 0 aliphatic carbocycles. The molecule has 0 bridgehead atoms. The van der Waals surface area contributed by atoms with Crippen LogP contribution in [0, 0.1) is 13.8 Å². The van der Waals surface area contributed by atoms with E-state index in [0.29, 0.717) is 21.3 Å². The zero-order valence-corrected chi connectivity index (χ0v) is 28.0. The second kappa shape index (κ2) is 14.6. The van der Waals surface area contributed by atoms with Crippen LogP contribution in [0.3, 0.4) is 0 Å². The van der Waals surface area contributed by atoms with Crippen molar-refractivity contribution in [3.63, 3.8) is 0 Å². The zero-order chi connectivity index (χ0) is 31.9. The quantitative estimate of drug-likeness (QED) is 0.237. The third-order valence-electron chi connectivity index (χ3n) is 6.94. The van der Waals surface area contributed by atoms with E-state index < -0.39 is 21.6 Å². The normalized spacial score (nSPS) is 12.5. The minimum atomic E-state index is -3.62. The van der Waals surface area contributed by atoms with Gasteiger partial charge in [0.15, 0.2) is 0 Å². The number of nitrogens with zero attached hydrogens (tertiary/aromatic N) is 2. The molecule has 1 N–H and O–H groups in total. The first-order chi connectivity index (χ1) is 20.1. The van der Waals surface area contributed by atoms with Crippen molar-refractivity contribution in [2.24, 2.45) is 0 Å². The Morgan fingerprint density at radius 1 is 0.930 bits per heavy atom. The molecule has 3 aromatic rings. The molecule has 1 atom stereocenters. The summed E-state index contributed by atoms with van der Waals surface area (Å²) in [5.41, 5.74) is 3.22. The summed E-state index contributed by atoms with van der Waals surface area (Å²) in [4.78, 5) is 29.3. The Kier molecular flexibility index (Phi) is 11.7. The molecule has 0 saturated heterocycles. The topological polar surface area (TPSA) is 86.8 Å². The Balaban J connectivity index is 1.97. The van der Waals surface area contributed by atoms with Gasteiger partial charge in [-0.1, -0.05) is 71.7 Å². The van der Waals surface area contributed by atoms with E-state index in [-0.39, 0.29) is 44.2 Å². The fourth-order valence-corrected chi connectivity index (χ4v) is 6.36. The lowest BCUT2D eigenvalue weighted by atomic mass is 10.00. The van der Waals surface area contributed by atoms with Crippen LogP contribution in [0.2, 0.25) is 10.0 Å². The van der Waals surface area contributed by atoms with E-state index in [1.54, 1.807) is 18.2 Å². The summed E-state index contributed by atoms with van der Waals surface area (Å²) in [6.07, 6.45) is 1.68. The van der Waals surface area contributed by atoms with Crippen molar-refractivity contribution in [1.82, 2.24) is 10.2 Å². The highest BCUT2D eigenvalue weighted by Gasteiger charge is 2.33. The third-order valence-corrected chi connectivity index (χ3v) is 8.83. The number of hydrogen-bond donors (Lipinski definition) is 1. The van der Waals surface area contributed by atoms with E-state index in [0.717, 1.165) is 22.9 Å². The summed E-state index contributed by atoms with van der Waals surface area (Å²) in [6, 6.07) is 19.4. The lowest BCUT2D eigenvalue weighted by Crippen LogP contribution is -2.54. The van der Waals surface area contributed by atoms with Gasteiger partial charge in [0.1, 0.15) is 6.04 Å². The number of aryl methyl sites for hydroxylation is 2. The summed E-state index contributed by atoms with van der Waals surface area (Å²) in [5.74, 6) is -0.614. The number of hydrogen-bond acceptors (Lipinski definition) is 4. The van der Waals surface area contributed by atoms with Crippen LogP contribution >= 0.6 is 23.2 Å². The van der Waals surface area contributed by atoms with Crippen LogP contribution in [0.5, 0.6) is 0 Å². The lowest BCUT2D eigenvalue weighted by Gasteiger charge is -2.34. The highest BCUT2D eigenvalue weighted by molar-refractivity contribution is 7.92. The molecule has 0 aliphatic rings. The van der Waals surface area contributed by atoms with E-state index in [4.69, 9.17) is 23.2 Å². The Hall–Kier alpha value is -3.07. The third kappa shape index (κ3) is 9.98. The fourth-order valence-electron chi connectivity index (χ4n) is 4.83. The number of anilines is 1. The molecule has 7 nitrogen and oxygen atoms in total. The summed E-state index contributed by atoms with van der Waals surface area (Å²) in [5, 5.41) is 3.81. The molecule has 0 fully saturated rings. The molecule has 0 heterocycles. The standard InChI is InChI=1S/C33H41Cl2N3O4S/c1-23-17-18-24(2)29(20-23)38(43(6,41)42)19-11-16-31(39)37(22-26-27(34)14-10-15-28(26)35)30(32(40)36-33(3,4)5)21-25-12-8-7-9-13-25/h7-10,12-15,17-18,20,30H,11,16,19,21-22H2,1-6H3,(H,36,40)/t30-/m1/s1. The van der Waals surface area contributed by atoms with Crippen LogP contribution in [0.15, 0.2) is 66.7 Å². The predicted molar refractivity (Wildman–Crippen MR) is 176 cm³/mol. The Bertz CT molecular complexity index is 1520. The van der Waals surface area contributed by atoms with E-state index in [1.807, 2.05) is 83.1 Å². The van der Waals surface area contributed by atoms with Crippen molar-refractivity contribution < 1.29 is 18.0 Å². The first-order valence-corrected chi connectivity index (χ1v) is 16.8. The molecule has 0 spiro atoms. The number of sulfonamides is 1. The van der Waals surface area contributed by atoms with Gasteiger partial charge in [-0.15, -0.1) is 0 Å². The summed E-state index contributed by atoms with van der Waals surface area (Å²) >= 11 is 13.0. The zero-order valence-electron chi connectivity index (χ0n) is 25.7. The van der Waals surface area contributed by atoms with E-state index in [1.165, 1.54) is 9.21 Å². The van der Waals surface area contributed by atoms with E-state index in [2.05, 4.69) is 5.32 Å². The van der Waals surface area contributed by atoms with Crippen LogP contribution < -0.4 is 9.62 Å². The molecule has 3 rings (SSSR count). The molecule has 10 heteroatoms. The lowest BCUT2D eigenvalue weighted by molar-refractivity contribution is -0.142.